The van der Waals surface area contributed by atoms with E-state index in [0.717, 1.165) is 19.3 Å². The van der Waals surface area contributed by atoms with E-state index in [4.69, 9.17) is 5.73 Å². The van der Waals surface area contributed by atoms with Gasteiger partial charge in [0.2, 0.25) is 5.91 Å². The van der Waals surface area contributed by atoms with Crippen molar-refractivity contribution in [2.45, 2.75) is 38.8 Å². The Morgan fingerprint density at radius 3 is 2.72 bits per heavy atom. The molecule has 3 N–H and O–H groups in total. The highest BCUT2D eigenvalue weighted by atomic mass is 35.5. The van der Waals surface area contributed by atoms with E-state index >= 15 is 0 Å². The van der Waals surface area contributed by atoms with Crippen molar-refractivity contribution in [1.29, 1.82) is 0 Å². The molecule has 100 valence electrons. The minimum Gasteiger partial charge on any atom is -0.352 e. The number of hydrogen-bond acceptors (Lipinski definition) is 2. The third kappa shape index (κ3) is 3.72. The maximum absolute atomic E-state index is 11.9. The van der Waals surface area contributed by atoms with Gasteiger partial charge >= 0.3 is 0 Å². The van der Waals surface area contributed by atoms with Gasteiger partial charge in [-0.15, -0.1) is 12.4 Å². The smallest absolute Gasteiger partial charge is 0.223 e. The highest BCUT2D eigenvalue weighted by Gasteiger charge is 2.27. The third-order valence-corrected chi connectivity index (χ3v) is 3.56. The van der Waals surface area contributed by atoms with Crippen molar-refractivity contribution in [3.8, 4) is 0 Å². The van der Waals surface area contributed by atoms with E-state index in [1.54, 1.807) is 0 Å². The minimum absolute atomic E-state index is 0. The molecule has 1 amide bonds. The summed E-state index contributed by atoms with van der Waals surface area (Å²) in [4.78, 5) is 11.9. The Labute approximate surface area is 115 Å². The van der Waals surface area contributed by atoms with Crippen LogP contribution in [0.15, 0.2) is 24.3 Å². The van der Waals surface area contributed by atoms with Gasteiger partial charge in [0.1, 0.15) is 0 Å². The fraction of sp³-hybridized carbons (Fsp3) is 0.500. The molecular formula is C14H21ClN2O. The number of nitrogens with one attached hydrogen (secondary N) is 1. The van der Waals surface area contributed by atoms with Gasteiger partial charge < -0.3 is 11.1 Å². The molecule has 18 heavy (non-hydrogen) atoms. The zero-order valence-electron chi connectivity index (χ0n) is 10.7. The number of halogens is 1. The Hall–Kier alpha value is -1.06. The van der Waals surface area contributed by atoms with Crippen molar-refractivity contribution in [2.75, 3.05) is 0 Å². The molecule has 0 aliphatic heterocycles. The molecule has 1 aromatic rings. The van der Waals surface area contributed by atoms with Crippen LogP contribution in [-0.4, -0.2) is 11.9 Å². The average molecular weight is 269 g/mol. The zero-order valence-corrected chi connectivity index (χ0v) is 11.5. The number of rotatable bonds is 3. The van der Waals surface area contributed by atoms with Crippen LogP contribution in [-0.2, 0) is 11.3 Å². The summed E-state index contributed by atoms with van der Waals surface area (Å²) in [5.74, 6) is 0.273. The number of aryl methyl sites for hydroxylation is 1. The second-order valence-electron chi connectivity index (χ2n) is 4.91. The minimum atomic E-state index is 0. The summed E-state index contributed by atoms with van der Waals surface area (Å²) < 4.78 is 0. The van der Waals surface area contributed by atoms with Gasteiger partial charge in [-0.05, 0) is 37.3 Å². The Morgan fingerprint density at radius 1 is 1.39 bits per heavy atom. The fourth-order valence-electron chi connectivity index (χ4n) is 2.39. The van der Waals surface area contributed by atoms with Crippen molar-refractivity contribution >= 4 is 18.3 Å². The fourth-order valence-corrected chi connectivity index (χ4v) is 2.39. The summed E-state index contributed by atoms with van der Waals surface area (Å²) >= 11 is 0. The molecule has 0 saturated heterocycles. The predicted molar refractivity (Wildman–Crippen MR) is 75.6 cm³/mol. The first-order valence-corrected chi connectivity index (χ1v) is 6.24. The van der Waals surface area contributed by atoms with E-state index in [9.17, 15) is 4.79 Å². The number of nitrogens with two attached hydrogens (primary N) is 1. The quantitative estimate of drug-likeness (QED) is 0.883. The third-order valence-electron chi connectivity index (χ3n) is 3.56. The maximum atomic E-state index is 11.9. The molecule has 2 unspecified atom stereocenters. The van der Waals surface area contributed by atoms with Crippen molar-refractivity contribution in [3.05, 3.63) is 35.4 Å². The van der Waals surface area contributed by atoms with Crippen LogP contribution in [0.2, 0.25) is 0 Å². The van der Waals surface area contributed by atoms with Crippen LogP contribution in [0.4, 0.5) is 0 Å². The lowest BCUT2D eigenvalue weighted by Crippen LogP contribution is -2.30. The number of amides is 1. The number of hydrogen-bond donors (Lipinski definition) is 2. The van der Waals surface area contributed by atoms with Gasteiger partial charge in [0.15, 0.2) is 0 Å². The van der Waals surface area contributed by atoms with E-state index in [-0.39, 0.29) is 30.3 Å². The van der Waals surface area contributed by atoms with E-state index in [1.807, 2.05) is 12.1 Å². The molecule has 2 atom stereocenters. The molecule has 3 nitrogen and oxygen atoms in total. The van der Waals surface area contributed by atoms with Crippen molar-refractivity contribution in [2.24, 2.45) is 11.7 Å². The van der Waals surface area contributed by atoms with Crippen molar-refractivity contribution in [1.82, 2.24) is 5.32 Å². The van der Waals surface area contributed by atoms with Gasteiger partial charge in [-0.2, -0.15) is 0 Å². The number of benzene rings is 1. The molecule has 0 bridgehead atoms. The second kappa shape index (κ2) is 6.76. The van der Waals surface area contributed by atoms with Gasteiger partial charge in [-0.25, -0.2) is 0 Å². The van der Waals surface area contributed by atoms with Crippen LogP contribution in [0.3, 0.4) is 0 Å². The van der Waals surface area contributed by atoms with Crippen LogP contribution >= 0.6 is 12.4 Å². The van der Waals surface area contributed by atoms with Crippen molar-refractivity contribution in [3.63, 3.8) is 0 Å². The van der Waals surface area contributed by atoms with Gasteiger partial charge in [-0.1, -0.05) is 24.3 Å². The predicted octanol–water partition coefficient (Wildman–Crippen LogP) is 2.16. The second-order valence-corrected chi connectivity index (χ2v) is 4.91. The lowest BCUT2D eigenvalue weighted by atomic mass is 10.1. The Bertz CT molecular complexity index is 409. The van der Waals surface area contributed by atoms with Gasteiger partial charge in [0, 0.05) is 18.5 Å². The van der Waals surface area contributed by atoms with Gasteiger partial charge in [-0.3, -0.25) is 4.79 Å². The normalized spacial score (nSPS) is 22.3. The van der Waals surface area contributed by atoms with Crippen LogP contribution in [0, 0.1) is 12.8 Å². The molecular weight excluding hydrogens is 248 g/mol. The molecule has 1 fully saturated rings. The molecule has 0 radical (unpaired) electrons. The lowest BCUT2D eigenvalue weighted by Gasteiger charge is -2.12. The molecule has 0 heterocycles. The largest absolute Gasteiger partial charge is 0.352 e. The Morgan fingerprint density at radius 2 is 2.11 bits per heavy atom. The van der Waals surface area contributed by atoms with E-state index in [1.165, 1.54) is 11.1 Å². The maximum Gasteiger partial charge on any atom is 0.223 e. The molecule has 1 aliphatic rings. The summed E-state index contributed by atoms with van der Waals surface area (Å²) in [6, 6.07) is 8.34. The van der Waals surface area contributed by atoms with Crippen LogP contribution < -0.4 is 11.1 Å². The number of carbonyl (C=O) groups is 1. The summed E-state index contributed by atoms with van der Waals surface area (Å²) in [5.41, 5.74) is 8.22. The summed E-state index contributed by atoms with van der Waals surface area (Å²) in [5, 5.41) is 3.01. The molecule has 0 aromatic heterocycles. The molecule has 2 rings (SSSR count). The molecule has 0 spiro atoms. The highest BCUT2D eigenvalue weighted by Crippen LogP contribution is 2.24. The zero-order chi connectivity index (χ0) is 12.3. The highest BCUT2D eigenvalue weighted by molar-refractivity contribution is 5.85. The first-order valence-electron chi connectivity index (χ1n) is 6.24. The van der Waals surface area contributed by atoms with Crippen LogP contribution in [0.1, 0.15) is 30.4 Å². The Kier molecular flexibility index (Phi) is 5.63. The average Bonchev–Trinajstić information content (AvgIpc) is 2.74. The summed E-state index contributed by atoms with van der Waals surface area (Å²) in [6.07, 6.45) is 2.74. The van der Waals surface area contributed by atoms with Gasteiger partial charge in [0.05, 0.1) is 0 Å². The van der Waals surface area contributed by atoms with Crippen LogP contribution in [0.25, 0.3) is 0 Å². The molecule has 1 aliphatic carbocycles. The monoisotopic (exact) mass is 268 g/mol. The van der Waals surface area contributed by atoms with E-state index in [2.05, 4.69) is 24.4 Å². The van der Waals surface area contributed by atoms with Gasteiger partial charge in [0.25, 0.3) is 0 Å². The van der Waals surface area contributed by atoms with Crippen LogP contribution in [0.5, 0.6) is 0 Å². The topological polar surface area (TPSA) is 55.1 Å². The SMILES string of the molecule is Cc1ccccc1CNC(=O)C1CCC(N)C1.Cl. The first kappa shape index (κ1) is 15.0. The molecule has 1 aromatic carbocycles. The van der Waals surface area contributed by atoms with E-state index in [0.29, 0.717) is 6.54 Å². The van der Waals surface area contributed by atoms with Crippen molar-refractivity contribution < 1.29 is 4.79 Å². The summed E-state index contributed by atoms with van der Waals surface area (Å²) in [6.45, 7) is 2.68. The molecule has 4 heteroatoms. The standard InChI is InChI=1S/C14H20N2O.ClH/c1-10-4-2-3-5-12(10)9-16-14(17)11-6-7-13(15)8-11;/h2-5,11,13H,6-9,15H2,1H3,(H,16,17);1H. The first-order chi connectivity index (χ1) is 8.16. The summed E-state index contributed by atoms with van der Waals surface area (Å²) in [7, 11) is 0. The molecule has 1 saturated carbocycles. The lowest BCUT2D eigenvalue weighted by molar-refractivity contribution is -0.125. The van der Waals surface area contributed by atoms with E-state index < -0.39 is 0 Å². The Balaban J connectivity index is 0.00000162. The number of carbonyl (C=O) groups excluding carboxylic acids is 1.